The molecule has 0 aliphatic carbocycles. The monoisotopic (exact) mass is 355 g/mol. The minimum Gasteiger partial charge on any atom is -0.317 e. The molecule has 1 unspecified atom stereocenters. The van der Waals surface area contributed by atoms with Crippen molar-refractivity contribution in [2.45, 2.75) is 44.9 Å². The van der Waals surface area contributed by atoms with Crippen LogP contribution in [0.1, 0.15) is 49.9 Å². The summed E-state index contributed by atoms with van der Waals surface area (Å²) in [7, 11) is 1.84. The molecule has 1 atom stereocenters. The van der Waals surface area contributed by atoms with E-state index in [-0.39, 0.29) is 11.8 Å². The summed E-state index contributed by atoms with van der Waals surface area (Å²) < 4.78 is 1.69. The van der Waals surface area contributed by atoms with Gasteiger partial charge in [-0.25, -0.2) is 4.68 Å². The van der Waals surface area contributed by atoms with Crippen molar-refractivity contribution in [3.63, 3.8) is 0 Å². The second-order valence-corrected chi connectivity index (χ2v) is 7.21. The van der Waals surface area contributed by atoms with Crippen molar-refractivity contribution in [1.82, 2.24) is 20.1 Å². The Morgan fingerprint density at radius 1 is 1.31 bits per heavy atom. The average molecular weight is 355 g/mol. The Kier molecular flexibility index (Phi) is 6.39. The summed E-state index contributed by atoms with van der Waals surface area (Å²) in [5, 5.41) is 10.8. The second-order valence-electron chi connectivity index (χ2n) is 7.21. The van der Waals surface area contributed by atoms with Gasteiger partial charge in [-0.2, -0.15) is 10.1 Å². The molecular formula is C20H29N5O. The molecule has 2 aromatic rings. The Bertz CT molecular complexity index is 706. The topological polar surface area (TPSA) is 71.8 Å². The zero-order valence-electron chi connectivity index (χ0n) is 15.7. The fourth-order valence-corrected chi connectivity index (χ4v) is 3.39. The van der Waals surface area contributed by atoms with Crippen LogP contribution in [0.4, 0.5) is 5.95 Å². The number of hydrogen-bond acceptors (Lipinski definition) is 4. The van der Waals surface area contributed by atoms with Gasteiger partial charge in [-0.05, 0) is 50.8 Å². The third-order valence-corrected chi connectivity index (χ3v) is 5.11. The van der Waals surface area contributed by atoms with Gasteiger partial charge in [0, 0.05) is 18.9 Å². The van der Waals surface area contributed by atoms with E-state index in [1.165, 1.54) is 5.56 Å². The molecule has 0 saturated carbocycles. The summed E-state index contributed by atoms with van der Waals surface area (Å²) in [6.07, 6.45) is 4.96. The summed E-state index contributed by atoms with van der Waals surface area (Å²) in [5.74, 6) is 1.76. The first-order valence-electron chi connectivity index (χ1n) is 9.60. The first-order chi connectivity index (χ1) is 12.6. The molecule has 1 amide bonds. The number of benzene rings is 1. The molecule has 0 radical (unpaired) electrons. The van der Waals surface area contributed by atoms with Gasteiger partial charge in [0.15, 0.2) is 5.82 Å². The van der Waals surface area contributed by atoms with Crippen LogP contribution >= 0.6 is 0 Å². The van der Waals surface area contributed by atoms with Crippen molar-refractivity contribution in [2.75, 3.05) is 18.4 Å². The van der Waals surface area contributed by atoms with Gasteiger partial charge in [0.1, 0.15) is 0 Å². The van der Waals surface area contributed by atoms with Crippen LogP contribution in [0.3, 0.4) is 0 Å². The maximum absolute atomic E-state index is 12.5. The number of nitrogens with zero attached hydrogens (tertiary/aromatic N) is 3. The fraction of sp³-hybridized carbons (Fsp3) is 0.550. The number of anilines is 1. The number of piperidine rings is 1. The number of aromatic nitrogens is 3. The van der Waals surface area contributed by atoms with Gasteiger partial charge in [-0.3, -0.25) is 10.1 Å². The lowest BCUT2D eigenvalue weighted by atomic mass is 9.98. The van der Waals surface area contributed by atoms with Crippen LogP contribution < -0.4 is 10.6 Å². The lowest BCUT2D eigenvalue weighted by Gasteiger charge is -2.19. The predicted molar refractivity (Wildman–Crippen MR) is 103 cm³/mol. The second kappa shape index (κ2) is 8.94. The molecule has 0 bridgehead atoms. The number of carbonyl (C=O) groups is 1. The molecule has 1 aliphatic rings. The number of hydrogen-bond donors (Lipinski definition) is 2. The van der Waals surface area contributed by atoms with E-state index in [9.17, 15) is 4.79 Å². The molecule has 0 spiro atoms. The largest absolute Gasteiger partial charge is 0.317 e. The maximum Gasteiger partial charge on any atom is 0.229 e. The quantitative estimate of drug-likeness (QED) is 0.801. The minimum absolute atomic E-state index is 0.0189. The highest BCUT2D eigenvalue weighted by molar-refractivity contribution is 5.90. The van der Waals surface area contributed by atoms with E-state index in [1.807, 2.05) is 20.0 Å². The number of aryl methyl sites for hydroxylation is 2. The third-order valence-electron chi connectivity index (χ3n) is 5.11. The minimum atomic E-state index is -0.0438. The SMILES string of the molecule is CC(CCCc1ccccc1)C(=O)Nc1nc(C2CCNCC2)nn1C. The number of amides is 1. The van der Waals surface area contributed by atoms with Crippen molar-refractivity contribution in [2.24, 2.45) is 13.0 Å². The summed E-state index contributed by atoms with van der Waals surface area (Å²) in [4.78, 5) is 17.1. The van der Waals surface area contributed by atoms with Gasteiger partial charge in [-0.1, -0.05) is 37.3 Å². The van der Waals surface area contributed by atoms with E-state index >= 15 is 0 Å². The Hall–Kier alpha value is -2.21. The zero-order chi connectivity index (χ0) is 18.4. The normalized spacial score (nSPS) is 16.4. The van der Waals surface area contributed by atoms with Crippen LogP contribution in [-0.4, -0.2) is 33.8 Å². The molecule has 26 heavy (non-hydrogen) atoms. The van der Waals surface area contributed by atoms with Crippen LogP contribution in [0, 0.1) is 5.92 Å². The Labute approximate surface area is 155 Å². The Balaban J connectivity index is 1.49. The maximum atomic E-state index is 12.5. The first kappa shape index (κ1) is 18.6. The van der Waals surface area contributed by atoms with Gasteiger partial charge in [0.05, 0.1) is 0 Å². The molecule has 1 fully saturated rings. The summed E-state index contributed by atoms with van der Waals surface area (Å²) in [6, 6.07) is 10.4. The Morgan fingerprint density at radius 2 is 2.04 bits per heavy atom. The summed E-state index contributed by atoms with van der Waals surface area (Å²) >= 11 is 0. The van der Waals surface area contributed by atoms with Crippen LogP contribution in [0.5, 0.6) is 0 Å². The van der Waals surface area contributed by atoms with Gasteiger partial charge in [0.2, 0.25) is 11.9 Å². The van der Waals surface area contributed by atoms with Gasteiger partial charge in [0.25, 0.3) is 0 Å². The van der Waals surface area contributed by atoms with Crippen LogP contribution in [0.2, 0.25) is 0 Å². The molecule has 1 aromatic heterocycles. The number of carbonyl (C=O) groups excluding carboxylic acids is 1. The summed E-state index contributed by atoms with van der Waals surface area (Å²) in [6.45, 7) is 3.98. The van der Waals surface area contributed by atoms with E-state index in [4.69, 9.17) is 0 Å². The molecule has 2 heterocycles. The lowest BCUT2D eigenvalue weighted by molar-refractivity contribution is -0.119. The first-order valence-corrected chi connectivity index (χ1v) is 9.60. The van der Waals surface area contributed by atoms with Crippen LogP contribution in [-0.2, 0) is 18.3 Å². The molecule has 3 rings (SSSR count). The molecule has 1 aliphatic heterocycles. The molecule has 2 N–H and O–H groups in total. The lowest BCUT2D eigenvalue weighted by Crippen LogP contribution is -2.27. The summed E-state index contributed by atoms with van der Waals surface area (Å²) in [5.41, 5.74) is 1.32. The van der Waals surface area contributed by atoms with E-state index in [0.717, 1.165) is 51.0 Å². The molecule has 1 aromatic carbocycles. The average Bonchev–Trinajstić information content (AvgIpc) is 3.03. The zero-order valence-corrected chi connectivity index (χ0v) is 15.7. The smallest absolute Gasteiger partial charge is 0.229 e. The number of rotatable bonds is 7. The van der Waals surface area contributed by atoms with E-state index in [1.54, 1.807) is 4.68 Å². The molecule has 6 nitrogen and oxygen atoms in total. The highest BCUT2D eigenvalue weighted by Crippen LogP contribution is 2.23. The Morgan fingerprint density at radius 3 is 2.77 bits per heavy atom. The number of nitrogens with one attached hydrogen (secondary N) is 2. The predicted octanol–water partition coefficient (Wildman–Crippen LogP) is 2.88. The fourth-order valence-electron chi connectivity index (χ4n) is 3.39. The third kappa shape index (κ3) is 4.91. The van der Waals surface area contributed by atoms with Crippen LogP contribution in [0.15, 0.2) is 30.3 Å². The van der Waals surface area contributed by atoms with Gasteiger partial charge >= 0.3 is 0 Å². The van der Waals surface area contributed by atoms with Gasteiger partial charge in [-0.15, -0.1) is 0 Å². The molecule has 140 valence electrons. The van der Waals surface area contributed by atoms with Crippen LogP contribution in [0.25, 0.3) is 0 Å². The van der Waals surface area contributed by atoms with Crippen molar-refractivity contribution < 1.29 is 4.79 Å². The molecule has 1 saturated heterocycles. The highest BCUT2D eigenvalue weighted by Gasteiger charge is 2.22. The van der Waals surface area contributed by atoms with Crippen molar-refractivity contribution >= 4 is 11.9 Å². The van der Waals surface area contributed by atoms with E-state index in [0.29, 0.717) is 11.9 Å². The van der Waals surface area contributed by atoms with Crippen molar-refractivity contribution in [3.8, 4) is 0 Å². The van der Waals surface area contributed by atoms with Crippen molar-refractivity contribution in [3.05, 3.63) is 41.7 Å². The van der Waals surface area contributed by atoms with E-state index < -0.39 is 0 Å². The molecule has 6 heteroatoms. The van der Waals surface area contributed by atoms with E-state index in [2.05, 4.69) is 45.0 Å². The standard InChI is InChI=1S/C20H29N5O/c1-15(7-6-10-16-8-4-3-5-9-16)19(26)23-20-22-18(24-25(20)2)17-11-13-21-14-12-17/h3-5,8-9,15,17,21H,6-7,10-14H2,1-2H3,(H,22,23,24,26). The molecular weight excluding hydrogens is 326 g/mol. The highest BCUT2D eigenvalue weighted by atomic mass is 16.2. The van der Waals surface area contributed by atoms with Gasteiger partial charge < -0.3 is 5.32 Å². The van der Waals surface area contributed by atoms with Crippen molar-refractivity contribution in [1.29, 1.82) is 0 Å².